The molecule has 1 heterocycles. The lowest BCUT2D eigenvalue weighted by molar-refractivity contribution is -0.124. The zero-order valence-electron chi connectivity index (χ0n) is 19.0. The third-order valence-corrected chi connectivity index (χ3v) is 5.47. The number of hydrogen-bond donors (Lipinski definition) is 3. The molecule has 3 aromatic rings. The van der Waals surface area contributed by atoms with Crippen molar-refractivity contribution in [3.63, 3.8) is 0 Å². The van der Waals surface area contributed by atoms with E-state index in [0.29, 0.717) is 18.0 Å². The minimum absolute atomic E-state index is 0.0700. The Morgan fingerprint density at radius 3 is 2.69 bits per heavy atom. The molecule has 0 bridgehead atoms. The summed E-state index contributed by atoms with van der Waals surface area (Å²) in [6, 6.07) is 11.8. The van der Waals surface area contributed by atoms with Crippen LogP contribution in [0.25, 0.3) is 11.0 Å². The lowest BCUT2D eigenvalue weighted by Gasteiger charge is -2.21. The van der Waals surface area contributed by atoms with Gasteiger partial charge in [0.1, 0.15) is 5.82 Å². The van der Waals surface area contributed by atoms with Crippen LogP contribution in [0.15, 0.2) is 40.9 Å². The summed E-state index contributed by atoms with van der Waals surface area (Å²) < 4.78 is 12.1. The second-order valence-corrected chi connectivity index (χ2v) is 9.52. The highest BCUT2D eigenvalue weighted by molar-refractivity contribution is 9.10. The molecule has 1 amide bonds. The van der Waals surface area contributed by atoms with Crippen LogP contribution in [0.2, 0.25) is 0 Å². The first kappa shape index (κ1) is 24.1. The quantitative estimate of drug-likeness (QED) is 0.358. The molecule has 0 aliphatic heterocycles. The fraction of sp³-hybridized carbons (Fsp3) is 0.417. The second kappa shape index (κ2) is 10.8. The molecule has 7 nitrogen and oxygen atoms in total. The van der Waals surface area contributed by atoms with Crippen molar-refractivity contribution in [3.8, 4) is 11.5 Å². The van der Waals surface area contributed by atoms with E-state index in [0.717, 1.165) is 46.3 Å². The van der Waals surface area contributed by atoms with Gasteiger partial charge in [0.25, 0.3) is 5.91 Å². The van der Waals surface area contributed by atoms with Crippen molar-refractivity contribution in [1.29, 1.82) is 0 Å². The van der Waals surface area contributed by atoms with Crippen LogP contribution < -0.4 is 20.1 Å². The van der Waals surface area contributed by atoms with Gasteiger partial charge in [0, 0.05) is 23.0 Å². The number of benzene rings is 2. The van der Waals surface area contributed by atoms with E-state index >= 15 is 0 Å². The number of H-pyrrole nitrogens is 1. The number of aromatic nitrogens is 2. The number of aromatic amines is 1. The van der Waals surface area contributed by atoms with E-state index in [-0.39, 0.29) is 18.1 Å². The van der Waals surface area contributed by atoms with Crippen LogP contribution in [0.1, 0.15) is 38.6 Å². The normalized spacial score (nSPS) is 11.5. The van der Waals surface area contributed by atoms with Gasteiger partial charge >= 0.3 is 0 Å². The number of amides is 1. The summed E-state index contributed by atoms with van der Waals surface area (Å²) in [5.41, 5.74) is 2.83. The molecule has 0 aliphatic rings. The molecule has 0 saturated carbocycles. The number of hydrogen-bond acceptors (Lipinski definition) is 5. The van der Waals surface area contributed by atoms with Crippen LogP contribution in [0.4, 0.5) is 0 Å². The molecule has 0 aliphatic carbocycles. The summed E-state index contributed by atoms with van der Waals surface area (Å²) in [5.74, 6) is 1.95. The zero-order valence-corrected chi connectivity index (χ0v) is 20.6. The smallest absolute Gasteiger partial charge is 0.258 e. The number of fused-ring (bicyclic) bond motifs is 1. The number of carbonyl (C=O) groups excluding carboxylic acids is 1. The Bertz CT molecular complexity index is 1030. The molecule has 1 aromatic heterocycles. The van der Waals surface area contributed by atoms with Crippen molar-refractivity contribution in [2.24, 2.45) is 0 Å². The number of rotatable bonds is 10. The van der Waals surface area contributed by atoms with Crippen molar-refractivity contribution < 1.29 is 14.3 Å². The highest BCUT2D eigenvalue weighted by Crippen LogP contribution is 2.33. The monoisotopic (exact) mass is 502 g/mol. The Morgan fingerprint density at radius 2 is 1.97 bits per heavy atom. The van der Waals surface area contributed by atoms with Gasteiger partial charge in [-0.15, -0.1) is 0 Å². The maximum atomic E-state index is 12.0. The van der Waals surface area contributed by atoms with E-state index in [1.54, 1.807) is 7.11 Å². The first-order valence-corrected chi connectivity index (χ1v) is 11.5. The molecule has 32 heavy (non-hydrogen) atoms. The van der Waals surface area contributed by atoms with Crippen molar-refractivity contribution in [1.82, 2.24) is 20.6 Å². The third kappa shape index (κ3) is 6.97. The van der Waals surface area contributed by atoms with Gasteiger partial charge in [-0.05, 0) is 63.6 Å². The molecule has 0 atom stereocenters. The number of para-hydroxylation sites is 2. The summed E-state index contributed by atoms with van der Waals surface area (Å²) in [5, 5.41) is 6.34. The summed E-state index contributed by atoms with van der Waals surface area (Å²) in [7, 11) is 1.59. The molecule has 0 fully saturated rings. The van der Waals surface area contributed by atoms with E-state index < -0.39 is 0 Å². The minimum Gasteiger partial charge on any atom is -0.493 e. The van der Waals surface area contributed by atoms with Crippen LogP contribution in [-0.2, 0) is 17.8 Å². The molecule has 172 valence electrons. The number of imidazole rings is 1. The molecule has 8 heteroatoms. The zero-order chi connectivity index (χ0) is 23.1. The van der Waals surface area contributed by atoms with Gasteiger partial charge in [0.2, 0.25) is 0 Å². The molecule has 0 saturated heterocycles. The number of halogens is 1. The Hall–Kier alpha value is -2.58. The molecule has 3 N–H and O–H groups in total. The van der Waals surface area contributed by atoms with Crippen molar-refractivity contribution >= 4 is 32.9 Å². The number of ether oxygens (including phenoxy) is 2. The van der Waals surface area contributed by atoms with Crippen LogP contribution in [0.3, 0.4) is 0 Å². The van der Waals surface area contributed by atoms with Gasteiger partial charge in [0.05, 0.1) is 18.1 Å². The minimum atomic E-state index is -0.301. The van der Waals surface area contributed by atoms with Crippen LogP contribution in [0.5, 0.6) is 11.5 Å². The topological polar surface area (TPSA) is 88.3 Å². The third-order valence-electron chi connectivity index (χ3n) is 4.73. The first-order chi connectivity index (χ1) is 15.2. The van der Waals surface area contributed by atoms with Crippen LogP contribution >= 0.6 is 15.9 Å². The predicted octanol–water partition coefficient (Wildman–Crippen LogP) is 4.35. The number of aryl methyl sites for hydroxylation is 1. The molecular formula is C24H31BrN4O3. The summed E-state index contributed by atoms with van der Waals surface area (Å²) >= 11 is 3.60. The summed E-state index contributed by atoms with van der Waals surface area (Å²) in [6.07, 6.45) is 1.86. The van der Waals surface area contributed by atoms with E-state index in [1.165, 1.54) is 0 Å². The fourth-order valence-corrected chi connectivity index (χ4v) is 3.77. The maximum absolute atomic E-state index is 12.0. The number of methoxy groups -OCH3 is 1. The highest BCUT2D eigenvalue weighted by atomic mass is 79.9. The first-order valence-electron chi connectivity index (χ1n) is 10.7. The summed E-state index contributed by atoms with van der Waals surface area (Å²) in [4.78, 5) is 20.0. The van der Waals surface area contributed by atoms with Gasteiger partial charge in [-0.3, -0.25) is 4.79 Å². The Labute approximate surface area is 197 Å². The van der Waals surface area contributed by atoms with Gasteiger partial charge in [-0.2, -0.15) is 0 Å². The molecule has 3 rings (SSSR count). The summed E-state index contributed by atoms with van der Waals surface area (Å²) in [6.45, 7) is 7.26. The lowest BCUT2D eigenvalue weighted by atomic mass is 10.1. The molecule has 2 aromatic carbocycles. The predicted molar refractivity (Wildman–Crippen MR) is 130 cm³/mol. The van der Waals surface area contributed by atoms with Crippen molar-refractivity contribution in [3.05, 3.63) is 52.3 Å². The maximum Gasteiger partial charge on any atom is 0.258 e. The molecular weight excluding hydrogens is 472 g/mol. The van der Waals surface area contributed by atoms with E-state index in [2.05, 4.69) is 36.5 Å². The van der Waals surface area contributed by atoms with Gasteiger partial charge in [0.15, 0.2) is 18.1 Å². The standard InChI is InChI=1S/C24H31BrN4O3/c1-24(2,3)29-23(30)15-32-21-13-17(25)16(12-20(21)31-4)14-26-11-7-10-22-27-18-8-5-6-9-19(18)28-22/h5-6,8-9,12-13,26H,7,10-11,14-15H2,1-4H3,(H,27,28)(H,29,30). The number of nitrogens with zero attached hydrogens (tertiary/aromatic N) is 1. The van der Waals surface area contributed by atoms with Gasteiger partial charge in [-0.25, -0.2) is 4.98 Å². The highest BCUT2D eigenvalue weighted by Gasteiger charge is 2.16. The molecule has 0 unspecified atom stereocenters. The fourth-order valence-electron chi connectivity index (χ4n) is 3.31. The van der Waals surface area contributed by atoms with E-state index in [1.807, 2.05) is 57.2 Å². The number of nitrogens with one attached hydrogen (secondary N) is 3. The van der Waals surface area contributed by atoms with Gasteiger partial charge in [-0.1, -0.05) is 28.1 Å². The van der Waals surface area contributed by atoms with Crippen LogP contribution in [-0.4, -0.2) is 41.7 Å². The average molecular weight is 503 g/mol. The van der Waals surface area contributed by atoms with Crippen molar-refractivity contribution in [2.75, 3.05) is 20.3 Å². The molecule has 0 spiro atoms. The Morgan fingerprint density at radius 1 is 1.19 bits per heavy atom. The van der Waals surface area contributed by atoms with E-state index in [9.17, 15) is 4.79 Å². The van der Waals surface area contributed by atoms with Crippen LogP contribution in [0, 0.1) is 0 Å². The van der Waals surface area contributed by atoms with Crippen molar-refractivity contribution in [2.45, 2.75) is 45.7 Å². The Kier molecular flexibility index (Phi) is 8.15. The molecule has 0 radical (unpaired) electrons. The Balaban J connectivity index is 1.49. The largest absolute Gasteiger partial charge is 0.493 e. The SMILES string of the molecule is COc1cc(CNCCCc2nc3ccccc3[nH]2)c(Br)cc1OCC(=O)NC(C)(C)C. The van der Waals surface area contributed by atoms with Gasteiger partial charge < -0.3 is 25.1 Å². The average Bonchev–Trinajstić information content (AvgIpc) is 3.14. The number of carbonyl (C=O) groups is 1. The second-order valence-electron chi connectivity index (χ2n) is 8.66. The van der Waals surface area contributed by atoms with E-state index in [4.69, 9.17) is 9.47 Å². The lowest BCUT2D eigenvalue weighted by Crippen LogP contribution is -2.43.